The average Bonchev–Trinajstić information content (AvgIpc) is 2.61. The summed E-state index contributed by atoms with van der Waals surface area (Å²) in [5.41, 5.74) is 4.65. The monoisotopic (exact) mass is 341 g/mol. The quantitative estimate of drug-likeness (QED) is 0.625. The van der Waals surface area contributed by atoms with Crippen LogP contribution >= 0.6 is 11.6 Å². The molecule has 0 aliphatic heterocycles. The molecule has 3 N–H and O–H groups in total. The van der Waals surface area contributed by atoms with E-state index in [4.69, 9.17) is 11.6 Å². The molecule has 2 aromatic carbocycles. The van der Waals surface area contributed by atoms with E-state index in [1.165, 1.54) is 24.4 Å². The fraction of sp³-hybridized carbons (Fsp3) is 0. The number of amides is 2. The standard InChI is InChI=1S/C17H12ClN3O3/c18-11-5-6-14(22)13(9-11)16(23)20-21-17(24)15-12-4-2-1-3-10(12)7-8-19-15/h1-9,22H,(H,20,23)(H,21,24). The van der Waals surface area contributed by atoms with Crippen LogP contribution in [0.25, 0.3) is 10.8 Å². The number of nitrogens with zero attached hydrogens (tertiary/aromatic N) is 1. The third-order valence-corrected chi connectivity index (χ3v) is 3.62. The molecule has 1 heterocycles. The molecule has 2 amide bonds. The van der Waals surface area contributed by atoms with Crippen molar-refractivity contribution in [2.24, 2.45) is 0 Å². The van der Waals surface area contributed by atoms with E-state index in [0.29, 0.717) is 10.4 Å². The minimum absolute atomic E-state index is 0.0475. The van der Waals surface area contributed by atoms with Crippen LogP contribution in [0.1, 0.15) is 20.8 Å². The summed E-state index contributed by atoms with van der Waals surface area (Å²) in [7, 11) is 0. The topological polar surface area (TPSA) is 91.3 Å². The van der Waals surface area contributed by atoms with Crippen LogP contribution in [0.2, 0.25) is 5.02 Å². The molecule has 0 fully saturated rings. The molecule has 0 aliphatic rings. The summed E-state index contributed by atoms with van der Waals surface area (Å²) in [4.78, 5) is 28.4. The Labute approximate surface area is 142 Å². The molecular formula is C17H12ClN3O3. The van der Waals surface area contributed by atoms with Gasteiger partial charge in [-0.2, -0.15) is 0 Å². The van der Waals surface area contributed by atoms with Gasteiger partial charge in [-0.1, -0.05) is 35.9 Å². The third-order valence-electron chi connectivity index (χ3n) is 3.38. The number of carbonyl (C=O) groups is 2. The summed E-state index contributed by atoms with van der Waals surface area (Å²) in [5, 5.41) is 11.5. The molecule has 120 valence electrons. The summed E-state index contributed by atoms with van der Waals surface area (Å²) in [6.45, 7) is 0. The highest BCUT2D eigenvalue weighted by molar-refractivity contribution is 6.31. The number of benzene rings is 2. The predicted octanol–water partition coefficient (Wildman–Crippen LogP) is 2.67. The Bertz CT molecular complexity index is 938. The highest BCUT2D eigenvalue weighted by Gasteiger charge is 2.15. The smallest absolute Gasteiger partial charge is 0.288 e. The number of aromatic nitrogens is 1. The van der Waals surface area contributed by atoms with Crippen molar-refractivity contribution in [2.75, 3.05) is 0 Å². The first-order chi connectivity index (χ1) is 11.6. The van der Waals surface area contributed by atoms with Crippen molar-refractivity contribution in [2.45, 2.75) is 0 Å². The van der Waals surface area contributed by atoms with Gasteiger partial charge in [0.2, 0.25) is 0 Å². The zero-order chi connectivity index (χ0) is 17.1. The Morgan fingerprint density at radius 3 is 2.58 bits per heavy atom. The van der Waals surface area contributed by atoms with Crippen LogP contribution in [-0.2, 0) is 0 Å². The maximum atomic E-state index is 12.3. The fourth-order valence-corrected chi connectivity index (χ4v) is 2.40. The number of phenols is 1. The number of carbonyl (C=O) groups excluding carboxylic acids is 2. The first-order valence-corrected chi connectivity index (χ1v) is 7.37. The van der Waals surface area contributed by atoms with Crippen molar-refractivity contribution in [3.8, 4) is 5.75 Å². The SMILES string of the molecule is O=C(NNC(=O)c1nccc2ccccc12)c1cc(Cl)ccc1O. The minimum atomic E-state index is -0.691. The van der Waals surface area contributed by atoms with Gasteiger partial charge in [-0.25, -0.2) is 0 Å². The molecule has 7 heteroatoms. The van der Waals surface area contributed by atoms with E-state index < -0.39 is 11.8 Å². The molecule has 0 unspecified atom stereocenters. The summed E-state index contributed by atoms with van der Waals surface area (Å²) >= 11 is 5.80. The van der Waals surface area contributed by atoms with E-state index in [0.717, 1.165) is 5.39 Å². The number of hydrazine groups is 1. The zero-order valence-corrected chi connectivity index (χ0v) is 13.0. The van der Waals surface area contributed by atoms with E-state index in [9.17, 15) is 14.7 Å². The second-order valence-corrected chi connectivity index (χ2v) is 5.39. The number of rotatable bonds is 2. The molecule has 0 radical (unpaired) electrons. The predicted molar refractivity (Wildman–Crippen MR) is 89.8 cm³/mol. The van der Waals surface area contributed by atoms with Crippen LogP contribution < -0.4 is 10.9 Å². The summed E-state index contributed by atoms with van der Waals surface area (Å²) in [6, 6.07) is 13.1. The van der Waals surface area contributed by atoms with E-state index in [-0.39, 0.29) is 17.0 Å². The van der Waals surface area contributed by atoms with Gasteiger partial charge in [-0.3, -0.25) is 25.4 Å². The summed E-state index contributed by atoms with van der Waals surface area (Å²) in [5.74, 6) is -1.50. The van der Waals surface area contributed by atoms with Crippen LogP contribution in [0.15, 0.2) is 54.7 Å². The van der Waals surface area contributed by atoms with Gasteiger partial charge in [0.1, 0.15) is 11.4 Å². The van der Waals surface area contributed by atoms with Gasteiger partial charge in [0.05, 0.1) is 5.56 Å². The Kier molecular flexibility index (Phi) is 4.31. The van der Waals surface area contributed by atoms with Crippen molar-refractivity contribution in [3.05, 3.63) is 71.0 Å². The molecule has 0 saturated heterocycles. The van der Waals surface area contributed by atoms with Crippen LogP contribution in [-0.4, -0.2) is 21.9 Å². The summed E-state index contributed by atoms with van der Waals surface area (Å²) < 4.78 is 0. The van der Waals surface area contributed by atoms with Crippen molar-refractivity contribution >= 4 is 34.2 Å². The molecule has 0 saturated carbocycles. The maximum absolute atomic E-state index is 12.3. The molecular weight excluding hydrogens is 330 g/mol. The Hall–Kier alpha value is -3.12. The Balaban J connectivity index is 1.78. The van der Waals surface area contributed by atoms with Gasteiger partial charge in [0, 0.05) is 16.6 Å². The molecule has 1 aromatic heterocycles. The lowest BCUT2D eigenvalue weighted by atomic mass is 10.1. The van der Waals surface area contributed by atoms with Gasteiger partial charge in [-0.05, 0) is 29.7 Å². The Morgan fingerprint density at radius 2 is 1.75 bits per heavy atom. The fourth-order valence-electron chi connectivity index (χ4n) is 2.23. The number of hydrogen-bond acceptors (Lipinski definition) is 4. The van der Waals surface area contributed by atoms with E-state index >= 15 is 0 Å². The first-order valence-electron chi connectivity index (χ1n) is 6.99. The Morgan fingerprint density at radius 1 is 1.00 bits per heavy atom. The molecule has 0 aliphatic carbocycles. The lowest BCUT2D eigenvalue weighted by molar-refractivity contribution is 0.0843. The van der Waals surface area contributed by atoms with Crippen LogP contribution in [0.5, 0.6) is 5.75 Å². The third kappa shape index (κ3) is 3.13. The lowest BCUT2D eigenvalue weighted by Crippen LogP contribution is -2.42. The van der Waals surface area contributed by atoms with E-state index in [2.05, 4.69) is 15.8 Å². The number of hydrogen-bond donors (Lipinski definition) is 3. The van der Waals surface area contributed by atoms with Crippen LogP contribution in [0.3, 0.4) is 0 Å². The maximum Gasteiger partial charge on any atom is 0.288 e. The van der Waals surface area contributed by atoms with Gasteiger partial charge in [0.15, 0.2) is 0 Å². The molecule has 6 nitrogen and oxygen atoms in total. The summed E-state index contributed by atoms with van der Waals surface area (Å²) in [6.07, 6.45) is 1.52. The minimum Gasteiger partial charge on any atom is -0.507 e. The van der Waals surface area contributed by atoms with Crippen LogP contribution in [0, 0.1) is 0 Å². The van der Waals surface area contributed by atoms with E-state index in [1.54, 1.807) is 18.2 Å². The van der Waals surface area contributed by atoms with Gasteiger partial charge in [0.25, 0.3) is 11.8 Å². The molecule has 24 heavy (non-hydrogen) atoms. The molecule has 0 spiro atoms. The molecule has 0 bridgehead atoms. The molecule has 3 aromatic rings. The van der Waals surface area contributed by atoms with E-state index in [1.807, 2.05) is 12.1 Å². The highest BCUT2D eigenvalue weighted by Crippen LogP contribution is 2.21. The zero-order valence-electron chi connectivity index (χ0n) is 12.3. The van der Waals surface area contributed by atoms with Crippen molar-refractivity contribution in [1.29, 1.82) is 0 Å². The van der Waals surface area contributed by atoms with Gasteiger partial charge in [-0.15, -0.1) is 0 Å². The van der Waals surface area contributed by atoms with Gasteiger partial charge < -0.3 is 5.11 Å². The van der Waals surface area contributed by atoms with Crippen molar-refractivity contribution in [3.63, 3.8) is 0 Å². The normalized spacial score (nSPS) is 10.4. The molecule has 3 rings (SSSR count). The lowest BCUT2D eigenvalue weighted by Gasteiger charge is -2.09. The highest BCUT2D eigenvalue weighted by atomic mass is 35.5. The molecule has 0 atom stereocenters. The van der Waals surface area contributed by atoms with Crippen LogP contribution in [0.4, 0.5) is 0 Å². The number of halogens is 1. The second kappa shape index (κ2) is 6.55. The van der Waals surface area contributed by atoms with Gasteiger partial charge >= 0.3 is 0 Å². The number of fused-ring (bicyclic) bond motifs is 1. The number of aromatic hydroxyl groups is 1. The number of nitrogens with one attached hydrogen (secondary N) is 2. The number of pyridine rings is 1. The average molecular weight is 342 g/mol. The number of phenolic OH excluding ortho intramolecular Hbond substituents is 1. The largest absolute Gasteiger partial charge is 0.507 e. The van der Waals surface area contributed by atoms with Crippen molar-refractivity contribution < 1.29 is 14.7 Å². The first kappa shape index (κ1) is 15.8. The van der Waals surface area contributed by atoms with Crippen molar-refractivity contribution in [1.82, 2.24) is 15.8 Å². The second-order valence-electron chi connectivity index (χ2n) is 4.95.